The molecule has 2 heterocycles. The number of benzene rings is 1. The number of carbonyl (C=O) groups is 2. The SMILES string of the molecule is COc1ccc([C@H]2[C@@H]3CN(C(=O)NC(C)C)C[C@@H]3CN2C(=O)N(C)C)cc1. The molecule has 7 heteroatoms. The average molecular weight is 374 g/mol. The molecule has 0 unspecified atom stereocenters. The number of nitrogens with one attached hydrogen (secondary N) is 1. The first kappa shape index (κ1) is 19.3. The lowest BCUT2D eigenvalue weighted by atomic mass is 9.89. The topological polar surface area (TPSA) is 65.1 Å². The molecule has 3 rings (SSSR count). The van der Waals surface area contributed by atoms with Crippen molar-refractivity contribution in [2.45, 2.75) is 25.9 Å². The van der Waals surface area contributed by atoms with Crippen LogP contribution in [0.1, 0.15) is 25.5 Å². The lowest BCUT2D eigenvalue weighted by molar-refractivity contribution is 0.152. The van der Waals surface area contributed by atoms with E-state index < -0.39 is 0 Å². The number of hydrogen-bond acceptors (Lipinski definition) is 3. The van der Waals surface area contributed by atoms with Gasteiger partial charge in [0.05, 0.1) is 13.2 Å². The van der Waals surface area contributed by atoms with Crippen LogP contribution in [0.25, 0.3) is 0 Å². The zero-order valence-corrected chi connectivity index (χ0v) is 16.8. The van der Waals surface area contributed by atoms with Crippen LogP contribution < -0.4 is 10.1 Å². The normalized spacial score (nSPS) is 24.1. The number of methoxy groups -OCH3 is 1. The van der Waals surface area contributed by atoms with Crippen molar-refractivity contribution in [3.63, 3.8) is 0 Å². The molecular weight excluding hydrogens is 344 g/mol. The molecule has 2 aliphatic heterocycles. The van der Waals surface area contributed by atoms with E-state index in [4.69, 9.17) is 4.74 Å². The molecule has 0 radical (unpaired) electrons. The second-order valence-electron chi connectivity index (χ2n) is 7.98. The number of likely N-dealkylation sites (tertiary alicyclic amines) is 2. The first-order chi connectivity index (χ1) is 12.8. The quantitative estimate of drug-likeness (QED) is 0.884. The Morgan fingerprint density at radius 2 is 1.81 bits per heavy atom. The molecule has 1 aromatic rings. The first-order valence-electron chi connectivity index (χ1n) is 9.49. The lowest BCUT2D eigenvalue weighted by Crippen LogP contribution is -2.45. The van der Waals surface area contributed by atoms with Gasteiger partial charge in [-0.25, -0.2) is 9.59 Å². The van der Waals surface area contributed by atoms with Crippen LogP contribution in [0, 0.1) is 11.8 Å². The van der Waals surface area contributed by atoms with Gasteiger partial charge in [-0.3, -0.25) is 0 Å². The average Bonchev–Trinajstić information content (AvgIpc) is 3.18. The monoisotopic (exact) mass is 374 g/mol. The van der Waals surface area contributed by atoms with Gasteiger partial charge in [0.1, 0.15) is 5.75 Å². The van der Waals surface area contributed by atoms with Gasteiger partial charge in [-0.1, -0.05) is 12.1 Å². The predicted molar refractivity (Wildman–Crippen MR) is 104 cm³/mol. The fourth-order valence-corrected chi connectivity index (χ4v) is 4.23. The summed E-state index contributed by atoms with van der Waals surface area (Å²) < 4.78 is 5.27. The largest absolute Gasteiger partial charge is 0.497 e. The van der Waals surface area contributed by atoms with E-state index in [0.29, 0.717) is 25.6 Å². The number of nitrogens with zero attached hydrogens (tertiary/aromatic N) is 3. The van der Waals surface area contributed by atoms with Crippen molar-refractivity contribution in [2.75, 3.05) is 40.8 Å². The van der Waals surface area contributed by atoms with Crippen molar-refractivity contribution in [3.8, 4) is 5.75 Å². The third-order valence-corrected chi connectivity index (χ3v) is 5.45. The summed E-state index contributed by atoms with van der Waals surface area (Å²) in [7, 11) is 5.21. The van der Waals surface area contributed by atoms with Gasteiger partial charge in [0.15, 0.2) is 0 Å². The van der Waals surface area contributed by atoms with Crippen LogP contribution >= 0.6 is 0 Å². The van der Waals surface area contributed by atoms with Crippen molar-refractivity contribution in [3.05, 3.63) is 29.8 Å². The van der Waals surface area contributed by atoms with Crippen LogP contribution in [0.4, 0.5) is 9.59 Å². The van der Waals surface area contributed by atoms with Gasteiger partial charge >= 0.3 is 12.1 Å². The van der Waals surface area contributed by atoms with Crippen molar-refractivity contribution < 1.29 is 14.3 Å². The minimum Gasteiger partial charge on any atom is -0.497 e. The third-order valence-electron chi connectivity index (χ3n) is 5.45. The van der Waals surface area contributed by atoms with Gasteiger partial charge in [0.25, 0.3) is 0 Å². The molecule has 7 nitrogen and oxygen atoms in total. The van der Waals surface area contributed by atoms with Crippen molar-refractivity contribution in [1.82, 2.24) is 20.0 Å². The lowest BCUT2D eigenvalue weighted by Gasteiger charge is -2.32. The zero-order chi connectivity index (χ0) is 19.7. The first-order valence-corrected chi connectivity index (χ1v) is 9.49. The van der Waals surface area contributed by atoms with Gasteiger partial charge in [0.2, 0.25) is 0 Å². The van der Waals surface area contributed by atoms with Crippen LogP contribution in [0.5, 0.6) is 5.75 Å². The van der Waals surface area contributed by atoms with Crippen LogP contribution in [-0.2, 0) is 0 Å². The Morgan fingerprint density at radius 3 is 2.37 bits per heavy atom. The van der Waals surface area contributed by atoms with Crippen LogP contribution in [0.15, 0.2) is 24.3 Å². The van der Waals surface area contributed by atoms with Crippen molar-refractivity contribution >= 4 is 12.1 Å². The number of urea groups is 2. The highest BCUT2D eigenvalue weighted by atomic mass is 16.5. The molecular formula is C20H30N4O3. The van der Waals surface area contributed by atoms with E-state index in [9.17, 15) is 9.59 Å². The maximum atomic E-state index is 12.8. The number of amides is 4. The minimum atomic E-state index is -0.0346. The number of rotatable bonds is 3. The molecule has 27 heavy (non-hydrogen) atoms. The Balaban J connectivity index is 1.85. The molecule has 2 aliphatic rings. The Morgan fingerprint density at radius 1 is 1.15 bits per heavy atom. The molecule has 3 atom stereocenters. The smallest absolute Gasteiger partial charge is 0.320 e. The van der Waals surface area contributed by atoms with E-state index >= 15 is 0 Å². The Labute approximate surface area is 161 Å². The zero-order valence-electron chi connectivity index (χ0n) is 16.8. The number of carbonyl (C=O) groups excluding carboxylic acids is 2. The highest BCUT2D eigenvalue weighted by Gasteiger charge is 2.50. The van der Waals surface area contributed by atoms with Gasteiger partial charge < -0.3 is 24.8 Å². The molecule has 0 bridgehead atoms. The maximum absolute atomic E-state index is 12.8. The Kier molecular flexibility index (Phi) is 5.48. The molecule has 148 valence electrons. The molecule has 4 amide bonds. The number of ether oxygens (including phenoxy) is 1. The molecule has 2 saturated heterocycles. The third kappa shape index (κ3) is 3.82. The summed E-state index contributed by atoms with van der Waals surface area (Å²) in [5.41, 5.74) is 1.09. The fourth-order valence-electron chi connectivity index (χ4n) is 4.23. The summed E-state index contributed by atoms with van der Waals surface area (Å²) in [4.78, 5) is 30.7. The Bertz CT molecular complexity index is 689. The van der Waals surface area contributed by atoms with E-state index in [1.54, 1.807) is 26.1 Å². The summed E-state index contributed by atoms with van der Waals surface area (Å²) in [5.74, 6) is 1.32. The van der Waals surface area contributed by atoms with Crippen molar-refractivity contribution in [1.29, 1.82) is 0 Å². The van der Waals surface area contributed by atoms with E-state index in [0.717, 1.165) is 11.3 Å². The fraction of sp³-hybridized carbons (Fsp3) is 0.600. The van der Waals surface area contributed by atoms with Crippen LogP contribution in [-0.4, -0.2) is 73.6 Å². The second-order valence-corrected chi connectivity index (χ2v) is 7.98. The van der Waals surface area contributed by atoms with Crippen LogP contribution in [0.2, 0.25) is 0 Å². The summed E-state index contributed by atoms with van der Waals surface area (Å²) in [6.45, 7) is 5.95. The molecule has 0 aliphatic carbocycles. The van der Waals surface area contributed by atoms with Gasteiger partial charge in [-0.05, 0) is 31.5 Å². The summed E-state index contributed by atoms with van der Waals surface area (Å²) >= 11 is 0. The molecule has 0 spiro atoms. The molecule has 0 saturated carbocycles. The van der Waals surface area contributed by atoms with E-state index in [1.807, 2.05) is 47.9 Å². The highest BCUT2D eigenvalue weighted by molar-refractivity contribution is 5.76. The van der Waals surface area contributed by atoms with Gasteiger partial charge in [-0.2, -0.15) is 0 Å². The second kappa shape index (κ2) is 7.66. The molecule has 2 fully saturated rings. The van der Waals surface area contributed by atoms with Crippen LogP contribution in [0.3, 0.4) is 0 Å². The number of fused-ring (bicyclic) bond motifs is 1. The van der Waals surface area contributed by atoms with E-state index in [-0.39, 0.29) is 30.1 Å². The maximum Gasteiger partial charge on any atom is 0.320 e. The minimum absolute atomic E-state index is 0.0154. The molecule has 1 N–H and O–H groups in total. The summed E-state index contributed by atoms with van der Waals surface area (Å²) in [6.07, 6.45) is 0. The summed E-state index contributed by atoms with van der Waals surface area (Å²) in [5, 5.41) is 2.98. The summed E-state index contributed by atoms with van der Waals surface area (Å²) in [6, 6.07) is 7.99. The van der Waals surface area contributed by atoms with E-state index in [2.05, 4.69) is 5.32 Å². The van der Waals surface area contributed by atoms with Crippen molar-refractivity contribution in [2.24, 2.45) is 11.8 Å². The molecule has 1 aromatic carbocycles. The molecule has 0 aromatic heterocycles. The van der Waals surface area contributed by atoms with Gasteiger partial charge in [0, 0.05) is 51.6 Å². The standard InChI is InChI=1S/C20H30N4O3/c1-13(2)21-19(25)23-10-15-11-24(20(26)22(3)4)18(17(15)12-23)14-6-8-16(27-5)9-7-14/h6-9,13,15,17-18H,10-12H2,1-5H3,(H,21,25)/t15-,17-,18+/m1/s1. The highest BCUT2D eigenvalue weighted by Crippen LogP contribution is 2.45. The predicted octanol–water partition coefficient (Wildman–Crippen LogP) is 2.40. The van der Waals surface area contributed by atoms with E-state index in [1.165, 1.54) is 0 Å². The Hall–Kier alpha value is -2.44. The van der Waals surface area contributed by atoms with Gasteiger partial charge in [-0.15, -0.1) is 0 Å². The number of hydrogen-bond donors (Lipinski definition) is 1.